The summed E-state index contributed by atoms with van der Waals surface area (Å²) in [5.74, 6) is 3.18. The highest BCUT2D eigenvalue weighted by molar-refractivity contribution is 5.78. The Bertz CT molecular complexity index is 997. The van der Waals surface area contributed by atoms with Crippen molar-refractivity contribution in [2.24, 2.45) is 0 Å². The summed E-state index contributed by atoms with van der Waals surface area (Å²) < 4.78 is 7.97. The molecule has 1 aliphatic carbocycles. The second-order valence-corrected chi connectivity index (χ2v) is 6.35. The van der Waals surface area contributed by atoms with E-state index in [2.05, 4.69) is 39.6 Å². The molecule has 3 aromatic heterocycles. The van der Waals surface area contributed by atoms with Crippen molar-refractivity contribution in [2.45, 2.75) is 31.7 Å². The van der Waals surface area contributed by atoms with E-state index in [1.165, 1.54) is 12.8 Å². The fraction of sp³-hybridized carbons (Fsp3) is 0.278. The van der Waals surface area contributed by atoms with Crippen molar-refractivity contribution in [1.82, 2.24) is 19.6 Å². The number of benzene rings is 1. The van der Waals surface area contributed by atoms with Gasteiger partial charge in [-0.25, -0.2) is 4.98 Å². The Labute approximate surface area is 138 Å². The van der Waals surface area contributed by atoms with E-state index in [4.69, 9.17) is 4.42 Å². The van der Waals surface area contributed by atoms with Gasteiger partial charge in [0.2, 0.25) is 5.65 Å². The van der Waals surface area contributed by atoms with E-state index in [0.717, 1.165) is 34.0 Å². The van der Waals surface area contributed by atoms with Gasteiger partial charge < -0.3 is 9.73 Å². The van der Waals surface area contributed by atoms with Crippen LogP contribution in [0.4, 0.5) is 5.82 Å². The number of aromatic nitrogens is 4. The minimum Gasteiger partial charge on any atom is -0.459 e. The standard InChI is InChI=1S/C18H17N5O/c1-11(15-10-13-4-2-3-5-14(13)24-15)20-16-18-22-21-17(12-6-7-12)23(18)9-8-19-16/h2-5,8-12H,6-7H2,1H3,(H,19,20). The van der Waals surface area contributed by atoms with E-state index in [-0.39, 0.29) is 6.04 Å². The van der Waals surface area contributed by atoms with E-state index in [1.807, 2.05) is 28.8 Å². The third-order valence-corrected chi connectivity index (χ3v) is 4.52. The molecule has 0 radical (unpaired) electrons. The second-order valence-electron chi connectivity index (χ2n) is 6.35. The second kappa shape index (κ2) is 5.06. The molecule has 1 aliphatic rings. The first-order valence-corrected chi connectivity index (χ1v) is 8.24. The Kier molecular flexibility index (Phi) is 2.85. The molecule has 0 amide bonds. The number of hydrogen-bond donors (Lipinski definition) is 1. The lowest BCUT2D eigenvalue weighted by atomic mass is 10.2. The molecule has 1 atom stereocenters. The van der Waals surface area contributed by atoms with E-state index in [9.17, 15) is 0 Å². The first-order valence-electron chi connectivity index (χ1n) is 8.24. The Morgan fingerprint density at radius 2 is 2.12 bits per heavy atom. The third kappa shape index (κ3) is 2.14. The fourth-order valence-electron chi connectivity index (χ4n) is 3.06. The summed E-state index contributed by atoms with van der Waals surface area (Å²) >= 11 is 0. The molecule has 6 nitrogen and oxygen atoms in total. The lowest BCUT2D eigenvalue weighted by Crippen LogP contribution is -2.08. The molecule has 0 spiro atoms. The number of para-hydroxylation sites is 1. The third-order valence-electron chi connectivity index (χ3n) is 4.52. The van der Waals surface area contributed by atoms with Gasteiger partial charge >= 0.3 is 0 Å². The van der Waals surface area contributed by atoms with Crippen molar-refractivity contribution >= 4 is 22.4 Å². The molecule has 1 N–H and O–H groups in total. The van der Waals surface area contributed by atoms with Crippen molar-refractivity contribution in [2.75, 3.05) is 5.32 Å². The monoisotopic (exact) mass is 319 g/mol. The molecule has 1 fully saturated rings. The lowest BCUT2D eigenvalue weighted by Gasteiger charge is -2.12. The van der Waals surface area contributed by atoms with Gasteiger partial charge in [0.05, 0.1) is 6.04 Å². The number of nitrogens with one attached hydrogen (secondary N) is 1. The first kappa shape index (κ1) is 13.5. The van der Waals surface area contributed by atoms with Crippen LogP contribution in [0, 0.1) is 0 Å². The van der Waals surface area contributed by atoms with Crippen molar-refractivity contribution < 1.29 is 4.42 Å². The Hall–Kier alpha value is -2.89. The van der Waals surface area contributed by atoms with E-state index in [1.54, 1.807) is 6.20 Å². The quantitative estimate of drug-likeness (QED) is 0.617. The maximum Gasteiger partial charge on any atom is 0.203 e. The molecule has 120 valence electrons. The molecular formula is C18H17N5O. The van der Waals surface area contributed by atoms with Crippen LogP contribution in [0.25, 0.3) is 16.6 Å². The van der Waals surface area contributed by atoms with Crippen LogP contribution < -0.4 is 5.32 Å². The molecule has 1 saturated carbocycles. The van der Waals surface area contributed by atoms with Crippen LogP contribution in [0.1, 0.15) is 43.3 Å². The van der Waals surface area contributed by atoms with Gasteiger partial charge in [0, 0.05) is 23.7 Å². The topological polar surface area (TPSA) is 68.2 Å². The highest BCUT2D eigenvalue weighted by Crippen LogP contribution is 2.39. The Morgan fingerprint density at radius 1 is 1.25 bits per heavy atom. The highest BCUT2D eigenvalue weighted by Gasteiger charge is 2.29. The summed E-state index contributed by atoms with van der Waals surface area (Å²) in [6, 6.07) is 10.1. The Morgan fingerprint density at radius 3 is 2.96 bits per heavy atom. The summed E-state index contributed by atoms with van der Waals surface area (Å²) in [5, 5.41) is 13.2. The van der Waals surface area contributed by atoms with Gasteiger partial charge in [-0.15, -0.1) is 10.2 Å². The summed E-state index contributed by atoms with van der Waals surface area (Å²) in [6.45, 7) is 2.06. The summed E-state index contributed by atoms with van der Waals surface area (Å²) in [6.07, 6.45) is 6.11. The zero-order valence-electron chi connectivity index (χ0n) is 13.3. The predicted molar refractivity (Wildman–Crippen MR) is 91.0 cm³/mol. The number of furan rings is 1. The maximum atomic E-state index is 5.93. The minimum atomic E-state index is -0.0165. The molecule has 1 unspecified atom stereocenters. The van der Waals surface area contributed by atoms with E-state index in [0.29, 0.717) is 5.92 Å². The summed E-state index contributed by atoms with van der Waals surface area (Å²) in [4.78, 5) is 4.44. The Balaban J connectivity index is 1.49. The van der Waals surface area contributed by atoms with Gasteiger partial charge in [-0.05, 0) is 31.9 Å². The molecule has 6 heteroatoms. The normalized spacial score (nSPS) is 15.9. The van der Waals surface area contributed by atoms with Crippen LogP contribution in [-0.2, 0) is 0 Å². The van der Waals surface area contributed by atoms with Crippen molar-refractivity contribution in [3.8, 4) is 0 Å². The average Bonchev–Trinajstić information content (AvgIpc) is 3.20. The fourth-order valence-corrected chi connectivity index (χ4v) is 3.06. The first-order chi connectivity index (χ1) is 11.8. The molecule has 5 rings (SSSR count). The molecule has 4 aromatic rings. The zero-order chi connectivity index (χ0) is 16.1. The molecule has 0 aliphatic heterocycles. The molecular weight excluding hydrogens is 302 g/mol. The van der Waals surface area contributed by atoms with Crippen LogP contribution >= 0.6 is 0 Å². The average molecular weight is 319 g/mol. The largest absolute Gasteiger partial charge is 0.459 e. The molecule has 0 bridgehead atoms. The van der Waals surface area contributed by atoms with E-state index >= 15 is 0 Å². The van der Waals surface area contributed by atoms with Crippen LogP contribution in [-0.4, -0.2) is 19.6 Å². The van der Waals surface area contributed by atoms with Crippen LogP contribution in [0.15, 0.2) is 47.1 Å². The van der Waals surface area contributed by atoms with Gasteiger partial charge in [-0.3, -0.25) is 4.40 Å². The number of nitrogens with zero attached hydrogens (tertiary/aromatic N) is 4. The highest BCUT2D eigenvalue weighted by atomic mass is 16.3. The summed E-state index contributed by atoms with van der Waals surface area (Å²) in [7, 11) is 0. The molecule has 24 heavy (non-hydrogen) atoms. The molecule has 0 saturated heterocycles. The minimum absolute atomic E-state index is 0.0165. The zero-order valence-corrected chi connectivity index (χ0v) is 13.3. The van der Waals surface area contributed by atoms with Gasteiger partial charge in [0.25, 0.3) is 0 Å². The van der Waals surface area contributed by atoms with Gasteiger partial charge in [0.15, 0.2) is 5.82 Å². The number of rotatable bonds is 4. The molecule has 1 aromatic carbocycles. The van der Waals surface area contributed by atoms with Crippen molar-refractivity contribution in [3.63, 3.8) is 0 Å². The lowest BCUT2D eigenvalue weighted by molar-refractivity contribution is 0.525. The maximum absolute atomic E-state index is 5.93. The number of hydrogen-bond acceptors (Lipinski definition) is 5. The number of fused-ring (bicyclic) bond motifs is 2. The number of anilines is 1. The smallest absolute Gasteiger partial charge is 0.203 e. The van der Waals surface area contributed by atoms with Crippen LogP contribution in [0.5, 0.6) is 0 Å². The van der Waals surface area contributed by atoms with E-state index < -0.39 is 0 Å². The van der Waals surface area contributed by atoms with Crippen LogP contribution in [0.2, 0.25) is 0 Å². The van der Waals surface area contributed by atoms with Crippen molar-refractivity contribution in [1.29, 1.82) is 0 Å². The van der Waals surface area contributed by atoms with Gasteiger partial charge in [0.1, 0.15) is 17.2 Å². The van der Waals surface area contributed by atoms with Gasteiger partial charge in [-0.1, -0.05) is 18.2 Å². The van der Waals surface area contributed by atoms with Crippen molar-refractivity contribution in [3.05, 3.63) is 54.3 Å². The van der Waals surface area contributed by atoms with Crippen LogP contribution in [0.3, 0.4) is 0 Å². The van der Waals surface area contributed by atoms with Gasteiger partial charge in [-0.2, -0.15) is 0 Å². The molecule has 3 heterocycles. The SMILES string of the molecule is CC(Nc1nccn2c(C3CC3)nnc12)c1cc2ccccc2o1. The predicted octanol–water partition coefficient (Wildman–Crippen LogP) is 3.92. The summed E-state index contributed by atoms with van der Waals surface area (Å²) in [5.41, 5.74) is 1.66.